The maximum Gasteiger partial charge on any atom is 0.326 e. The van der Waals surface area contributed by atoms with Crippen LogP contribution in [0.1, 0.15) is 66.0 Å². The number of amides is 1. The van der Waals surface area contributed by atoms with Crippen molar-refractivity contribution >= 4 is 35.2 Å². The summed E-state index contributed by atoms with van der Waals surface area (Å²) in [5, 5.41) is 13.1. The minimum Gasteiger partial charge on any atom is -0.480 e. The Morgan fingerprint density at radius 1 is 1.00 bits per heavy atom. The van der Waals surface area contributed by atoms with Gasteiger partial charge in [-0.05, 0) is 103 Å². The number of thioether (sulfide) groups is 1. The van der Waals surface area contributed by atoms with Crippen LogP contribution in [0.5, 0.6) is 0 Å². The van der Waals surface area contributed by atoms with Crippen LogP contribution in [0.25, 0.3) is 22.5 Å². The van der Waals surface area contributed by atoms with E-state index in [1.165, 1.54) is 0 Å². The predicted octanol–water partition coefficient (Wildman–Crippen LogP) is 8.96. The number of ether oxygens (including phenoxy) is 1. The zero-order valence-corrected chi connectivity index (χ0v) is 26.3. The third-order valence-corrected chi connectivity index (χ3v) is 8.22. The number of aliphatic carboxylic acids is 1. The second kappa shape index (κ2) is 15.8. The largest absolute Gasteiger partial charge is 0.480 e. The van der Waals surface area contributed by atoms with Gasteiger partial charge in [0.1, 0.15) is 23.7 Å². The van der Waals surface area contributed by atoms with Gasteiger partial charge in [0.25, 0.3) is 5.91 Å². The Kier molecular flexibility index (Phi) is 11.9. The average molecular weight is 620 g/mol. The minimum atomic E-state index is -1.04. The van der Waals surface area contributed by atoms with Gasteiger partial charge in [-0.15, -0.1) is 0 Å². The van der Waals surface area contributed by atoms with E-state index in [4.69, 9.17) is 20.8 Å². The third kappa shape index (κ3) is 8.75. The van der Waals surface area contributed by atoms with Gasteiger partial charge in [0.05, 0.1) is 6.61 Å². The number of furan rings is 1. The molecule has 1 aromatic heterocycles. The van der Waals surface area contributed by atoms with Crippen LogP contribution in [0.2, 0.25) is 5.02 Å². The maximum atomic E-state index is 13.4. The van der Waals surface area contributed by atoms with E-state index < -0.39 is 17.9 Å². The molecule has 0 fully saturated rings. The highest BCUT2D eigenvalue weighted by Gasteiger charge is 2.23. The van der Waals surface area contributed by atoms with E-state index in [1.807, 2.05) is 86.0 Å². The lowest BCUT2D eigenvalue weighted by molar-refractivity contribution is -0.139. The van der Waals surface area contributed by atoms with Gasteiger partial charge in [-0.3, -0.25) is 4.79 Å². The summed E-state index contributed by atoms with van der Waals surface area (Å²) in [6.07, 6.45) is 4.84. The van der Waals surface area contributed by atoms with Crippen molar-refractivity contribution in [2.45, 2.75) is 58.3 Å². The van der Waals surface area contributed by atoms with Crippen LogP contribution in [0, 0.1) is 6.92 Å². The van der Waals surface area contributed by atoms with Crippen molar-refractivity contribution in [2.75, 3.05) is 12.0 Å². The smallest absolute Gasteiger partial charge is 0.326 e. The molecule has 0 bridgehead atoms. The number of unbranched alkanes of at least 4 members (excludes halogenated alkanes) is 1. The Labute approximate surface area is 262 Å². The molecule has 0 aliphatic carbocycles. The fourth-order valence-corrected chi connectivity index (χ4v) is 5.49. The first-order chi connectivity index (χ1) is 20.8. The van der Waals surface area contributed by atoms with Crippen molar-refractivity contribution in [3.8, 4) is 22.5 Å². The van der Waals surface area contributed by atoms with Gasteiger partial charge in [-0.1, -0.05) is 61.7 Å². The van der Waals surface area contributed by atoms with Crippen molar-refractivity contribution in [2.24, 2.45) is 0 Å². The van der Waals surface area contributed by atoms with E-state index in [-0.39, 0.29) is 6.10 Å². The number of carboxylic acids is 1. The minimum absolute atomic E-state index is 0.237. The molecule has 0 radical (unpaired) electrons. The van der Waals surface area contributed by atoms with E-state index in [0.717, 1.165) is 58.6 Å². The number of carbonyl (C=O) groups is 2. The Bertz CT molecular complexity index is 1520. The van der Waals surface area contributed by atoms with Gasteiger partial charge < -0.3 is 19.6 Å². The van der Waals surface area contributed by atoms with Gasteiger partial charge in [0, 0.05) is 16.1 Å². The van der Waals surface area contributed by atoms with Crippen LogP contribution in [0.3, 0.4) is 0 Å². The van der Waals surface area contributed by atoms with Crippen molar-refractivity contribution in [1.29, 1.82) is 0 Å². The first kappa shape index (κ1) is 32.4. The molecule has 1 unspecified atom stereocenters. The van der Waals surface area contributed by atoms with Crippen molar-refractivity contribution in [1.82, 2.24) is 5.32 Å². The number of carboxylic acid groups (broad SMARTS) is 1. The second-order valence-corrected chi connectivity index (χ2v) is 11.9. The molecular weight excluding hydrogens is 582 g/mol. The summed E-state index contributed by atoms with van der Waals surface area (Å²) in [4.78, 5) is 25.2. The number of benzene rings is 3. The van der Waals surface area contributed by atoms with Gasteiger partial charge in [-0.25, -0.2) is 4.79 Å². The quantitative estimate of drug-likeness (QED) is 0.138. The molecule has 1 amide bonds. The molecule has 1 heterocycles. The van der Waals surface area contributed by atoms with Gasteiger partial charge in [-0.2, -0.15) is 11.8 Å². The van der Waals surface area contributed by atoms with Crippen LogP contribution in [0.15, 0.2) is 83.3 Å². The number of hydrogen-bond donors (Lipinski definition) is 2. The molecule has 0 aliphatic heterocycles. The molecule has 226 valence electrons. The number of nitrogens with one attached hydrogen (secondary N) is 1. The normalized spacial score (nSPS) is 12.6. The van der Waals surface area contributed by atoms with Gasteiger partial charge in [0.2, 0.25) is 0 Å². The molecule has 4 aromatic rings. The number of halogens is 1. The molecule has 3 aromatic carbocycles. The molecule has 0 aliphatic rings. The number of hydrogen-bond acceptors (Lipinski definition) is 5. The zero-order chi connectivity index (χ0) is 30.8. The summed E-state index contributed by atoms with van der Waals surface area (Å²) in [5.41, 5.74) is 4.93. The highest BCUT2D eigenvalue weighted by atomic mass is 35.5. The third-order valence-electron chi connectivity index (χ3n) is 7.32. The molecule has 6 nitrogen and oxygen atoms in total. The maximum absolute atomic E-state index is 13.4. The van der Waals surface area contributed by atoms with Crippen LogP contribution in [-0.2, 0) is 16.1 Å². The second-order valence-electron chi connectivity index (χ2n) is 10.5. The molecule has 0 saturated carbocycles. The highest BCUT2D eigenvalue weighted by molar-refractivity contribution is 7.98. The van der Waals surface area contributed by atoms with Crippen molar-refractivity contribution < 1.29 is 23.8 Å². The monoisotopic (exact) mass is 619 g/mol. The summed E-state index contributed by atoms with van der Waals surface area (Å²) in [7, 11) is 0. The van der Waals surface area contributed by atoms with Gasteiger partial charge in [0.15, 0.2) is 0 Å². The van der Waals surface area contributed by atoms with Crippen molar-refractivity contribution in [3.05, 3.63) is 106 Å². The Morgan fingerprint density at radius 3 is 2.47 bits per heavy atom. The van der Waals surface area contributed by atoms with Crippen molar-refractivity contribution in [3.63, 3.8) is 0 Å². The summed E-state index contributed by atoms with van der Waals surface area (Å²) in [6, 6.07) is 23.9. The van der Waals surface area contributed by atoms with Gasteiger partial charge >= 0.3 is 5.97 Å². The first-order valence-electron chi connectivity index (χ1n) is 14.5. The topological polar surface area (TPSA) is 88.8 Å². The summed E-state index contributed by atoms with van der Waals surface area (Å²) in [6.45, 7) is 4.46. The summed E-state index contributed by atoms with van der Waals surface area (Å²) >= 11 is 7.60. The van der Waals surface area contributed by atoms with Crippen LogP contribution in [0.4, 0.5) is 0 Å². The van der Waals surface area contributed by atoms with E-state index >= 15 is 0 Å². The molecule has 8 heteroatoms. The van der Waals surface area contributed by atoms with E-state index in [9.17, 15) is 14.7 Å². The lowest BCUT2D eigenvalue weighted by Gasteiger charge is -2.19. The van der Waals surface area contributed by atoms with Crippen LogP contribution < -0.4 is 5.32 Å². The fraction of sp³-hybridized carbons (Fsp3) is 0.314. The number of rotatable bonds is 15. The molecule has 2 atom stereocenters. The SMILES string of the molecule is CCCCC(OCc1ccc(C(=O)N[C@@H](CCSC)C(=O)O)c(-c2ccccc2C)c1)c1ccc(-c2ccc(Cl)cc2)o1. The number of carbonyl (C=O) groups excluding carboxylic acids is 1. The number of aryl methyl sites for hydroxylation is 1. The van der Waals surface area contributed by atoms with E-state index in [1.54, 1.807) is 17.8 Å². The predicted molar refractivity (Wildman–Crippen MR) is 175 cm³/mol. The molecule has 2 N–H and O–H groups in total. The van der Waals surface area contributed by atoms with Crippen LogP contribution in [-0.4, -0.2) is 35.0 Å². The Balaban J connectivity index is 1.59. The Hall–Kier alpha value is -3.52. The molecular formula is C35H38ClNO5S. The molecule has 43 heavy (non-hydrogen) atoms. The van der Waals surface area contributed by atoms with Crippen LogP contribution >= 0.6 is 23.4 Å². The highest BCUT2D eigenvalue weighted by Crippen LogP contribution is 2.33. The molecule has 0 saturated heterocycles. The Morgan fingerprint density at radius 2 is 1.77 bits per heavy atom. The lowest BCUT2D eigenvalue weighted by Crippen LogP contribution is -2.41. The average Bonchev–Trinajstić information content (AvgIpc) is 3.49. The fourth-order valence-electron chi connectivity index (χ4n) is 4.90. The molecule has 4 rings (SSSR count). The van der Waals surface area contributed by atoms with E-state index in [2.05, 4.69) is 12.2 Å². The first-order valence-corrected chi connectivity index (χ1v) is 16.3. The lowest BCUT2D eigenvalue weighted by atomic mass is 9.93. The zero-order valence-electron chi connectivity index (χ0n) is 24.8. The summed E-state index contributed by atoms with van der Waals surface area (Å²) < 4.78 is 12.7. The standard InChI is InChI=1S/C35H38ClNO5S/c1-4-5-10-32(33-18-17-31(42-33)25-12-14-26(36)15-13-25)41-22-24-11-16-28(29(21-24)27-9-7-6-8-23(27)2)34(38)37-30(35(39)40)19-20-43-3/h6-9,11-18,21,30,32H,4-5,10,19-20,22H2,1-3H3,(H,37,38)(H,39,40)/t30-,32?/m0/s1. The van der Waals surface area contributed by atoms with E-state index in [0.29, 0.717) is 29.4 Å². The summed E-state index contributed by atoms with van der Waals surface area (Å²) in [5.74, 6) is 0.698. The molecule has 0 spiro atoms.